The van der Waals surface area contributed by atoms with E-state index < -0.39 is 11.7 Å². The van der Waals surface area contributed by atoms with Gasteiger partial charge in [0.2, 0.25) is 11.7 Å². The number of amides is 1. The van der Waals surface area contributed by atoms with Crippen LogP contribution in [0, 0.1) is 0 Å². The Morgan fingerprint density at radius 3 is 2.38 bits per heavy atom. The van der Waals surface area contributed by atoms with Crippen molar-refractivity contribution in [2.75, 3.05) is 5.75 Å². The summed E-state index contributed by atoms with van der Waals surface area (Å²) in [5, 5.41) is 12.1. The number of benzene rings is 3. The number of rotatable bonds is 12. The standard InChI is InChI=1S/C32H29F3N4O2S/c33-32(34,35)25-15-9-16-26(22-25)39-30(28-17-10-19-41-28)37-38-31(39)42-20-8-7-18-29(40)36-27(24-13-5-2-6-14-24)21-23-11-3-1-4-12-23/h1-6,9-17,19,22,27H,7-8,18,20-21H2,(H,36,40). The van der Waals surface area contributed by atoms with Gasteiger partial charge in [-0.1, -0.05) is 78.5 Å². The highest BCUT2D eigenvalue weighted by Crippen LogP contribution is 2.33. The first kappa shape index (κ1) is 29.2. The third kappa shape index (κ3) is 7.50. The van der Waals surface area contributed by atoms with Crippen LogP contribution in [0.1, 0.15) is 42.0 Å². The second kappa shape index (κ2) is 13.6. The monoisotopic (exact) mass is 590 g/mol. The molecule has 2 heterocycles. The summed E-state index contributed by atoms with van der Waals surface area (Å²) in [6, 6.07) is 28.2. The molecular weight excluding hydrogens is 561 g/mol. The maximum atomic E-state index is 13.4. The molecule has 0 bridgehead atoms. The largest absolute Gasteiger partial charge is 0.461 e. The van der Waals surface area contributed by atoms with Gasteiger partial charge in [-0.25, -0.2) is 0 Å². The molecule has 0 fully saturated rings. The Balaban J connectivity index is 1.21. The quantitative estimate of drug-likeness (QED) is 0.118. The Labute approximate surface area is 246 Å². The molecular formula is C32H29F3N4O2S. The molecule has 42 heavy (non-hydrogen) atoms. The van der Waals surface area contributed by atoms with Gasteiger partial charge >= 0.3 is 6.18 Å². The molecule has 3 aromatic carbocycles. The molecule has 0 saturated carbocycles. The first-order valence-corrected chi connectivity index (χ1v) is 14.5. The molecule has 0 aliphatic carbocycles. The summed E-state index contributed by atoms with van der Waals surface area (Å²) < 4.78 is 47.3. The van der Waals surface area contributed by atoms with Crippen molar-refractivity contribution in [3.05, 3.63) is 120 Å². The molecule has 0 radical (unpaired) electrons. The number of furan rings is 1. The van der Waals surface area contributed by atoms with Gasteiger partial charge in [0.1, 0.15) is 0 Å². The molecule has 216 valence electrons. The zero-order valence-electron chi connectivity index (χ0n) is 22.6. The number of unbranched alkanes of at least 4 members (excludes halogenated alkanes) is 1. The molecule has 1 atom stereocenters. The van der Waals surface area contributed by atoms with Crippen molar-refractivity contribution >= 4 is 17.7 Å². The first-order valence-electron chi connectivity index (χ1n) is 13.6. The Kier molecular flexibility index (Phi) is 9.43. The zero-order valence-corrected chi connectivity index (χ0v) is 23.4. The lowest BCUT2D eigenvalue weighted by Gasteiger charge is -2.19. The fourth-order valence-electron chi connectivity index (χ4n) is 4.59. The molecule has 5 rings (SSSR count). The van der Waals surface area contributed by atoms with Gasteiger partial charge in [0, 0.05) is 12.2 Å². The third-order valence-corrected chi connectivity index (χ3v) is 7.67. The predicted molar refractivity (Wildman–Crippen MR) is 156 cm³/mol. The maximum Gasteiger partial charge on any atom is 0.416 e. The fraction of sp³-hybridized carbons (Fsp3) is 0.219. The van der Waals surface area contributed by atoms with Crippen LogP contribution < -0.4 is 5.32 Å². The van der Waals surface area contributed by atoms with Gasteiger partial charge in [-0.15, -0.1) is 10.2 Å². The van der Waals surface area contributed by atoms with E-state index in [9.17, 15) is 18.0 Å². The van der Waals surface area contributed by atoms with Crippen LogP contribution in [0.25, 0.3) is 17.3 Å². The number of thioether (sulfide) groups is 1. The van der Waals surface area contributed by atoms with Crippen LogP contribution >= 0.6 is 11.8 Å². The lowest BCUT2D eigenvalue weighted by Crippen LogP contribution is -2.29. The highest BCUT2D eigenvalue weighted by atomic mass is 32.2. The van der Waals surface area contributed by atoms with Crippen molar-refractivity contribution in [3.63, 3.8) is 0 Å². The summed E-state index contributed by atoms with van der Waals surface area (Å²) in [6.45, 7) is 0. The van der Waals surface area contributed by atoms with Crippen LogP contribution in [0.5, 0.6) is 0 Å². The number of carbonyl (C=O) groups is 1. The molecule has 0 saturated heterocycles. The summed E-state index contributed by atoms with van der Waals surface area (Å²) in [5.74, 6) is 1.28. The number of aromatic nitrogens is 3. The highest BCUT2D eigenvalue weighted by Gasteiger charge is 2.31. The highest BCUT2D eigenvalue weighted by molar-refractivity contribution is 7.99. The molecule has 0 aliphatic heterocycles. The lowest BCUT2D eigenvalue weighted by molar-refractivity contribution is -0.137. The van der Waals surface area contributed by atoms with Gasteiger partial charge in [-0.2, -0.15) is 13.2 Å². The van der Waals surface area contributed by atoms with Crippen molar-refractivity contribution < 1.29 is 22.4 Å². The van der Waals surface area contributed by atoms with Gasteiger partial charge < -0.3 is 9.73 Å². The van der Waals surface area contributed by atoms with E-state index in [-0.39, 0.29) is 17.6 Å². The van der Waals surface area contributed by atoms with Crippen molar-refractivity contribution in [2.45, 2.75) is 43.1 Å². The van der Waals surface area contributed by atoms with E-state index in [0.717, 1.165) is 23.3 Å². The zero-order chi connectivity index (χ0) is 29.4. The molecule has 5 aromatic rings. The van der Waals surface area contributed by atoms with Crippen LogP contribution in [-0.4, -0.2) is 26.4 Å². The van der Waals surface area contributed by atoms with Crippen molar-refractivity contribution in [1.82, 2.24) is 20.1 Å². The number of hydrogen-bond acceptors (Lipinski definition) is 5. The number of halogens is 3. The van der Waals surface area contributed by atoms with Gasteiger partial charge in [-0.3, -0.25) is 9.36 Å². The van der Waals surface area contributed by atoms with Gasteiger partial charge in [0.05, 0.1) is 23.6 Å². The van der Waals surface area contributed by atoms with E-state index >= 15 is 0 Å². The average Bonchev–Trinajstić information content (AvgIpc) is 3.68. The molecule has 0 aliphatic rings. The lowest BCUT2D eigenvalue weighted by atomic mass is 9.98. The Morgan fingerprint density at radius 1 is 0.905 bits per heavy atom. The fourth-order valence-corrected chi connectivity index (χ4v) is 5.54. The Bertz CT molecular complexity index is 1570. The molecule has 6 nitrogen and oxygen atoms in total. The molecule has 1 amide bonds. The van der Waals surface area contributed by atoms with Crippen LogP contribution in [-0.2, 0) is 17.4 Å². The second-order valence-corrected chi connectivity index (χ2v) is 10.8. The minimum Gasteiger partial charge on any atom is -0.461 e. The smallest absolute Gasteiger partial charge is 0.416 e. The Morgan fingerprint density at radius 2 is 1.67 bits per heavy atom. The number of nitrogens with one attached hydrogen (secondary N) is 1. The predicted octanol–water partition coefficient (Wildman–Crippen LogP) is 7.91. The molecule has 10 heteroatoms. The normalized spacial score (nSPS) is 12.3. The second-order valence-electron chi connectivity index (χ2n) is 9.69. The minimum absolute atomic E-state index is 0.0305. The van der Waals surface area contributed by atoms with E-state index in [0.29, 0.717) is 48.2 Å². The van der Waals surface area contributed by atoms with Crippen LogP contribution in [0.2, 0.25) is 0 Å². The number of hydrogen-bond donors (Lipinski definition) is 1. The summed E-state index contributed by atoms with van der Waals surface area (Å²) in [5.41, 5.74) is 1.71. The van der Waals surface area contributed by atoms with E-state index in [4.69, 9.17) is 4.42 Å². The molecule has 1 N–H and O–H groups in total. The SMILES string of the molecule is O=C(CCCCSc1nnc(-c2ccco2)n1-c1cccc(C(F)(F)F)c1)NC(Cc1ccccc1)c1ccccc1. The summed E-state index contributed by atoms with van der Waals surface area (Å²) in [6.07, 6.45) is -0.608. The van der Waals surface area contributed by atoms with E-state index in [2.05, 4.69) is 27.6 Å². The molecule has 0 spiro atoms. The maximum absolute atomic E-state index is 13.4. The van der Waals surface area contributed by atoms with Gasteiger partial charge in [0.15, 0.2) is 10.9 Å². The molecule has 1 unspecified atom stereocenters. The number of carbonyl (C=O) groups excluding carboxylic acids is 1. The molecule has 2 aromatic heterocycles. The van der Waals surface area contributed by atoms with Crippen LogP contribution in [0.15, 0.2) is 113 Å². The summed E-state index contributed by atoms with van der Waals surface area (Å²) >= 11 is 1.37. The van der Waals surface area contributed by atoms with E-state index in [1.54, 1.807) is 22.8 Å². The average molecular weight is 591 g/mol. The van der Waals surface area contributed by atoms with Gasteiger partial charge in [-0.05, 0) is 60.7 Å². The summed E-state index contributed by atoms with van der Waals surface area (Å²) in [7, 11) is 0. The van der Waals surface area contributed by atoms with E-state index in [1.807, 2.05) is 48.5 Å². The summed E-state index contributed by atoms with van der Waals surface area (Å²) in [4.78, 5) is 12.9. The van der Waals surface area contributed by atoms with Crippen molar-refractivity contribution in [3.8, 4) is 17.3 Å². The first-order chi connectivity index (χ1) is 20.4. The van der Waals surface area contributed by atoms with Gasteiger partial charge in [0.25, 0.3) is 0 Å². The Hall–Kier alpha value is -4.31. The number of alkyl halides is 3. The third-order valence-electron chi connectivity index (χ3n) is 6.66. The van der Waals surface area contributed by atoms with Crippen LogP contribution in [0.4, 0.5) is 13.2 Å². The van der Waals surface area contributed by atoms with Crippen LogP contribution in [0.3, 0.4) is 0 Å². The van der Waals surface area contributed by atoms with Crippen molar-refractivity contribution in [2.24, 2.45) is 0 Å². The number of nitrogens with zero attached hydrogens (tertiary/aromatic N) is 3. The topological polar surface area (TPSA) is 73.0 Å². The van der Waals surface area contributed by atoms with E-state index in [1.165, 1.54) is 24.1 Å². The minimum atomic E-state index is -4.48. The van der Waals surface area contributed by atoms with Crippen molar-refractivity contribution in [1.29, 1.82) is 0 Å².